The molecule has 0 saturated carbocycles. The highest BCUT2D eigenvalue weighted by Gasteiger charge is 2.19. The summed E-state index contributed by atoms with van der Waals surface area (Å²) in [6.45, 7) is 3.92. The Morgan fingerprint density at radius 1 is 1.37 bits per heavy atom. The van der Waals surface area contributed by atoms with E-state index in [9.17, 15) is 4.79 Å². The van der Waals surface area contributed by atoms with Gasteiger partial charge in [0.1, 0.15) is 0 Å². The summed E-state index contributed by atoms with van der Waals surface area (Å²) >= 11 is 7.41. The number of halogens is 1. The molecule has 1 aliphatic rings. The molecule has 2 rings (SSSR count). The third-order valence-electron chi connectivity index (χ3n) is 3.18. The Balaban J connectivity index is 1.83. The van der Waals surface area contributed by atoms with Gasteiger partial charge in [0, 0.05) is 16.0 Å². The number of piperidine rings is 1. The molecule has 0 aromatic heterocycles. The van der Waals surface area contributed by atoms with E-state index < -0.39 is 0 Å². The van der Waals surface area contributed by atoms with E-state index in [0.29, 0.717) is 6.04 Å². The molecule has 1 heterocycles. The summed E-state index contributed by atoms with van der Waals surface area (Å²) in [5.74, 6) is 0.117. The van der Waals surface area contributed by atoms with Gasteiger partial charge in [0.25, 0.3) is 0 Å². The van der Waals surface area contributed by atoms with E-state index in [4.69, 9.17) is 11.6 Å². The van der Waals surface area contributed by atoms with Gasteiger partial charge >= 0.3 is 0 Å². The van der Waals surface area contributed by atoms with Crippen LogP contribution in [0.15, 0.2) is 29.2 Å². The van der Waals surface area contributed by atoms with Crippen LogP contribution in [0.3, 0.4) is 0 Å². The van der Waals surface area contributed by atoms with Crippen LogP contribution < -0.4 is 10.6 Å². The van der Waals surface area contributed by atoms with E-state index in [2.05, 4.69) is 10.6 Å². The maximum absolute atomic E-state index is 12.1. The molecule has 0 aliphatic carbocycles. The van der Waals surface area contributed by atoms with Gasteiger partial charge < -0.3 is 10.6 Å². The van der Waals surface area contributed by atoms with Crippen molar-refractivity contribution in [2.24, 2.45) is 0 Å². The van der Waals surface area contributed by atoms with E-state index in [-0.39, 0.29) is 11.2 Å². The Kier molecular flexibility index (Phi) is 5.55. The number of amides is 1. The largest absolute Gasteiger partial charge is 0.352 e. The molecule has 1 aliphatic heterocycles. The van der Waals surface area contributed by atoms with Crippen molar-refractivity contribution in [1.29, 1.82) is 0 Å². The minimum atomic E-state index is -0.0870. The van der Waals surface area contributed by atoms with Gasteiger partial charge in [-0.25, -0.2) is 0 Å². The second-order valence-corrected chi connectivity index (χ2v) is 6.60. The molecule has 1 unspecified atom stereocenters. The first-order valence-corrected chi connectivity index (χ1v) is 7.84. The van der Waals surface area contributed by atoms with Crippen molar-refractivity contribution >= 4 is 29.3 Å². The predicted octanol–water partition coefficient (Wildman–Crippen LogP) is 2.69. The molecular formula is C14H19ClN2OS. The van der Waals surface area contributed by atoms with Crippen LogP contribution in [0, 0.1) is 0 Å². The molecule has 0 radical (unpaired) electrons. The summed E-state index contributed by atoms with van der Waals surface area (Å²) in [5.41, 5.74) is 0. The monoisotopic (exact) mass is 298 g/mol. The normalized spacial score (nSPS) is 18.0. The minimum absolute atomic E-state index is 0.0870. The van der Waals surface area contributed by atoms with Gasteiger partial charge in [-0.15, -0.1) is 11.8 Å². The lowest BCUT2D eigenvalue weighted by Gasteiger charge is -2.25. The molecule has 0 spiro atoms. The molecule has 0 bridgehead atoms. The third kappa shape index (κ3) is 4.71. The Hall–Kier alpha value is -0.710. The van der Waals surface area contributed by atoms with Crippen molar-refractivity contribution in [3.63, 3.8) is 0 Å². The first-order chi connectivity index (χ1) is 9.15. The molecule has 1 aromatic rings. The van der Waals surface area contributed by atoms with Gasteiger partial charge in [-0.1, -0.05) is 11.6 Å². The average molecular weight is 299 g/mol. The molecule has 1 atom stereocenters. The summed E-state index contributed by atoms with van der Waals surface area (Å²) < 4.78 is 0. The summed E-state index contributed by atoms with van der Waals surface area (Å²) in [4.78, 5) is 13.2. The maximum Gasteiger partial charge on any atom is 0.233 e. The molecule has 1 fully saturated rings. The van der Waals surface area contributed by atoms with E-state index in [1.54, 1.807) is 11.8 Å². The number of nitrogens with one attached hydrogen (secondary N) is 2. The van der Waals surface area contributed by atoms with E-state index in [0.717, 1.165) is 35.8 Å². The zero-order valence-corrected chi connectivity index (χ0v) is 12.6. The Morgan fingerprint density at radius 2 is 2.00 bits per heavy atom. The fourth-order valence-corrected chi connectivity index (χ4v) is 3.06. The maximum atomic E-state index is 12.1. The summed E-state index contributed by atoms with van der Waals surface area (Å²) in [6, 6.07) is 7.91. The number of carbonyl (C=O) groups is 1. The van der Waals surface area contributed by atoms with Crippen molar-refractivity contribution in [1.82, 2.24) is 10.6 Å². The molecule has 1 saturated heterocycles. The molecule has 1 amide bonds. The van der Waals surface area contributed by atoms with Gasteiger partial charge in [-0.05, 0) is 57.1 Å². The zero-order chi connectivity index (χ0) is 13.7. The average Bonchev–Trinajstić information content (AvgIpc) is 2.42. The van der Waals surface area contributed by atoms with Gasteiger partial charge in [0.2, 0.25) is 5.91 Å². The SMILES string of the molecule is CC(Sc1ccc(Cl)cc1)C(=O)NC1CCNCC1. The predicted molar refractivity (Wildman–Crippen MR) is 80.8 cm³/mol. The van der Waals surface area contributed by atoms with Gasteiger partial charge in [-0.2, -0.15) is 0 Å². The van der Waals surface area contributed by atoms with Gasteiger partial charge in [0.15, 0.2) is 0 Å². The molecular weight excluding hydrogens is 280 g/mol. The summed E-state index contributed by atoms with van der Waals surface area (Å²) in [6.07, 6.45) is 2.04. The lowest BCUT2D eigenvalue weighted by Crippen LogP contribution is -2.45. The van der Waals surface area contributed by atoms with Crippen LogP contribution >= 0.6 is 23.4 Å². The molecule has 2 N–H and O–H groups in total. The lowest BCUT2D eigenvalue weighted by atomic mass is 10.1. The molecule has 1 aromatic carbocycles. The lowest BCUT2D eigenvalue weighted by molar-refractivity contribution is -0.121. The number of benzene rings is 1. The number of rotatable bonds is 4. The van der Waals surface area contributed by atoms with Crippen molar-refractivity contribution in [3.05, 3.63) is 29.3 Å². The highest BCUT2D eigenvalue weighted by molar-refractivity contribution is 8.00. The van der Waals surface area contributed by atoms with Crippen LogP contribution in [0.4, 0.5) is 0 Å². The Labute approximate surface area is 123 Å². The fourth-order valence-electron chi connectivity index (χ4n) is 2.06. The smallest absolute Gasteiger partial charge is 0.233 e. The van der Waals surface area contributed by atoms with E-state index in [1.165, 1.54) is 0 Å². The number of carbonyl (C=O) groups excluding carboxylic acids is 1. The highest BCUT2D eigenvalue weighted by Crippen LogP contribution is 2.24. The first-order valence-electron chi connectivity index (χ1n) is 6.58. The van der Waals surface area contributed by atoms with Crippen molar-refractivity contribution < 1.29 is 4.79 Å². The summed E-state index contributed by atoms with van der Waals surface area (Å²) in [7, 11) is 0. The van der Waals surface area contributed by atoms with Crippen LogP contribution in [0.2, 0.25) is 5.02 Å². The van der Waals surface area contributed by atoms with Crippen molar-refractivity contribution in [3.8, 4) is 0 Å². The second-order valence-electron chi connectivity index (χ2n) is 4.75. The van der Waals surface area contributed by atoms with Crippen LogP contribution in [-0.4, -0.2) is 30.3 Å². The third-order valence-corrected chi connectivity index (χ3v) is 4.55. The van der Waals surface area contributed by atoms with Crippen LogP contribution in [-0.2, 0) is 4.79 Å². The Morgan fingerprint density at radius 3 is 2.63 bits per heavy atom. The van der Waals surface area contributed by atoms with Crippen LogP contribution in [0.1, 0.15) is 19.8 Å². The van der Waals surface area contributed by atoms with E-state index in [1.807, 2.05) is 31.2 Å². The second kappa shape index (κ2) is 7.17. The molecule has 5 heteroatoms. The molecule has 3 nitrogen and oxygen atoms in total. The van der Waals surface area contributed by atoms with E-state index >= 15 is 0 Å². The topological polar surface area (TPSA) is 41.1 Å². The van der Waals surface area contributed by atoms with Crippen molar-refractivity contribution in [2.75, 3.05) is 13.1 Å². The molecule has 19 heavy (non-hydrogen) atoms. The fraction of sp³-hybridized carbons (Fsp3) is 0.500. The number of hydrogen-bond acceptors (Lipinski definition) is 3. The molecule has 104 valence electrons. The van der Waals surface area contributed by atoms with Gasteiger partial charge in [-0.3, -0.25) is 4.79 Å². The quantitative estimate of drug-likeness (QED) is 0.840. The van der Waals surface area contributed by atoms with Crippen LogP contribution in [0.5, 0.6) is 0 Å². The van der Waals surface area contributed by atoms with Crippen LogP contribution in [0.25, 0.3) is 0 Å². The standard InChI is InChI=1S/C14H19ClN2OS/c1-10(19-13-4-2-11(15)3-5-13)14(18)17-12-6-8-16-9-7-12/h2-5,10,12,16H,6-9H2,1H3,(H,17,18). The van der Waals surface area contributed by atoms with Gasteiger partial charge in [0.05, 0.1) is 5.25 Å². The number of hydrogen-bond donors (Lipinski definition) is 2. The summed E-state index contributed by atoms with van der Waals surface area (Å²) in [5, 5.41) is 7.05. The minimum Gasteiger partial charge on any atom is -0.352 e. The van der Waals surface area contributed by atoms with Crippen molar-refractivity contribution in [2.45, 2.75) is 36.0 Å². The first kappa shape index (κ1) is 14.7. The Bertz CT molecular complexity index is 418. The highest BCUT2D eigenvalue weighted by atomic mass is 35.5. The number of thioether (sulfide) groups is 1. The zero-order valence-electron chi connectivity index (χ0n) is 11.0.